The van der Waals surface area contributed by atoms with E-state index in [0.717, 1.165) is 61.1 Å². The maximum atomic E-state index is 13.1. The van der Waals surface area contributed by atoms with Crippen LogP contribution in [0.4, 0.5) is 0 Å². The zero-order valence-electron chi connectivity index (χ0n) is 18.0. The molecule has 1 fully saturated rings. The summed E-state index contributed by atoms with van der Waals surface area (Å²) in [6.45, 7) is 10.3. The molecule has 0 spiro atoms. The number of carbonyl (C=O) groups excluding carboxylic acids is 1. The highest BCUT2D eigenvalue weighted by Crippen LogP contribution is 2.33. The predicted octanol–water partition coefficient (Wildman–Crippen LogP) is 3.53. The Morgan fingerprint density at radius 1 is 1.03 bits per heavy atom. The van der Waals surface area contributed by atoms with Gasteiger partial charge in [-0.25, -0.2) is 0 Å². The van der Waals surface area contributed by atoms with Gasteiger partial charge >= 0.3 is 0 Å². The lowest BCUT2D eigenvalue weighted by atomic mass is 10.1. The third-order valence-corrected chi connectivity index (χ3v) is 5.79. The summed E-state index contributed by atoms with van der Waals surface area (Å²) in [6, 6.07) is 12.2. The van der Waals surface area contributed by atoms with Crippen LogP contribution in [0.2, 0.25) is 0 Å². The molecule has 160 valence electrons. The largest absolute Gasteiger partial charge is 0.480 e. The SMILES string of the molecule is CC[C@H](Oc1cc(C)ccc1C)C(=O)N1CCN(Cc2ccc3c(c2)OCO3)CC1. The lowest BCUT2D eigenvalue weighted by Gasteiger charge is -2.36. The summed E-state index contributed by atoms with van der Waals surface area (Å²) in [5, 5.41) is 0. The summed E-state index contributed by atoms with van der Waals surface area (Å²) in [5.41, 5.74) is 3.39. The fourth-order valence-corrected chi connectivity index (χ4v) is 3.92. The molecule has 2 aromatic rings. The van der Waals surface area contributed by atoms with E-state index in [9.17, 15) is 4.79 Å². The standard InChI is InChI=1S/C24H30N2O4/c1-4-20(30-22-13-17(2)5-6-18(22)3)24(27)26-11-9-25(10-12-26)15-19-7-8-21-23(14-19)29-16-28-21/h5-8,13-14,20H,4,9-12,15-16H2,1-3H3/t20-/m0/s1. The Labute approximate surface area is 178 Å². The molecule has 2 aliphatic rings. The van der Waals surface area contributed by atoms with E-state index in [1.54, 1.807) is 0 Å². The molecule has 1 saturated heterocycles. The summed E-state index contributed by atoms with van der Waals surface area (Å²) < 4.78 is 17.0. The summed E-state index contributed by atoms with van der Waals surface area (Å²) >= 11 is 0. The number of carbonyl (C=O) groups is 1. The Morgan fingerprint density at radius 2 is 1.80 bits per heavy atom. The van der Waals surface area contributed by atoms with Crippen LogP contribution in [0.1, 0.15) is 30.0 Å². The molecule has 30 heavy (non-hydrogen) atoms. The van der Waals surface area contributed by atoms with Crippen LogP contribution >= 0.6 is 0 Å². The quantitative estimate of drug-likeness (QED) is 0.729. The monoisotopic (exact) mass is 410 g/mol. The minimum absolute atomic E-state index is 0.0844. The number of fused-ring (bicyclic) bond motifs is 1. The highest BCUT2D eigenvalue weighted by molar-refractivity contribution is 5.81. The zero-order valence-corrected chi connectivity index (χ0v) is 18.0. The summed E-state index contributed by atoms with van der Waals surface area (Å²) in [5.74, 6) is 2.51. The second-order valence-corrected chi connectivity index (χ2v) is 8.07. The van der Waals surface area contributed by atoms with Crippen molar-refractivity contribution in [3.05, 3.63) is 53.1 Å². The van der Waals surface area contributed by atoms with Crippen molar-refractivity contribution in [1.82, 2.24) is 9.80 Å². The fraction of sp³-hybridized carbons (Fsp3) is 0.458. The Hall–Kier alpha value is -2.73. The molecule has 0 bridgehead atoms. The van der Waals surface area contributed by atoms with Crippen molar-refractivity contribution < 1.29 is 19.0 Å². The van der Waals surface area contributed by atoms with E-state index in [-0.39, 0.29) is 5.91 Å². The number of aryl methyl sites for hydroxylation is 2. The number of hydrogen-bond donors (Lipinski definition) is 0. The molecule has 2 aliphatic heterocycles. The molecule has 6 nitrogen and oxygen atoms in total. The van der Waals surface area contributed by atoms with Gasteiger partial charge in [0.1, 0.15) is 5.75 Å². The molecular weight excluding hydrogens is 380 g/mol. The Kier molecular flexibility index (Phi) is 6.13. The first kappa shape index (κ1) is 20.5. The lowest BCUT2D eigenvalue weighted by molar-refractivity contribution is -0.140. The molecule has 1 amide bonds. The molecule has 1 atom stereocenters. The molecular formula is C24H30N2O4. The first-order valence-corrected chi connectivity index (χ1v) is 10.7. The van der Waals surface area contributed by atoms with Crippen molar-refractivity contribution in [1.29, 1.82) is 0 Å². The maximum Gasteiger partial charge on any atom is 0.263 e. The smallest absolute Gasteiger partial charge is 0.263 e. The highest BCUT2D eigenvalue weighted by atomic mass is 16.7. The number of piperazine rings is 1. The summed E-state index contributed by atoms with van der Waals surface area (Å²) in [4.78, 5) is 17.4. The van der Waals surface area contributed by atoms with E-state index in [2.05, 4.69) is 17.0 Å². The van der Waals surface area contributed by atoms with Crippen LogP contribution in [0, 0.1) is 13.8 Å². The number of nitrogens with zero attached hydrogens (tertiary/aromatic N) is 2. The van der Waals surface area contributed by atoms with Crippen LogP contribution in [0.15, 0.2) is 36.4 Å². The average Bonchev–Trinajstić information content (AvgIpc) is 3.22. The van der Waals surface area contributed by atoms with Crippen LogP contribution in [-0.4, -0.2) is 54.8 Å². The van der Waals surface area contributed by atoms with E-state index < -0.39 is 6.10 Å². The minimum atomic E-state index is -0.439. The Balaban J connectivity index is 1.32. The van der Waals surface area contributed by atoms with Gasteiger partial charge < -0.3 is 19.1 Å². The van der Waals surface area contributed by atoms with Gasteiger partial charge in [0, 0.05) is 32.7 Å². The van der Waals surface area contributed by atoms with Gasteiger partial charge in [-0.3, -0.25) is 9.69 Å². The van der Waals surface area contributed by atoms with Crippen LogP contribution in [0.3, 0.4) is 0 Å². The van der Waals surface area contributed by atoms with Gasteiger partial charge in [-0.2, -0.15) is 0 Å². The zero-order chi connectivity index (χ0) is 21.1. The van der Waals surface area contributed by atoms with Gasteiger partial charge in [0.25, 0.3) is 5.91 Å². The second kappa shape index (κ2) is 8.96. The molecule has 2 heterocycles. The van der Waals surface area contributed by atoms with E-state index in [0.29, 0.717) is 13.2 Å². The van der Waals surface area contributed by atoms with E-state index >= 15 is 0 Å². The van der Waals surface area contributed by atoms with Gasteiger partial charge in [-0.1, -0.05) is 25.1 Å². The third kappa shape index (κ3) is 4.54. The van der Waals surface area contributed by atoms with Crippen LogP contribution in [0.25, 0.3) is 0 Å². The number of benzene rings is 2. The van der Waals surface area contributed by atoms with Gasteiger partial charge in [-0.15, -0.1) is 0 Å². The van der Waals surface area contributed by atoms with Crippen LogP contribution in [0.5, 0.6) is 17.2 Å². The van der Waals surface area contributed by atoms with Crippen LogP contribution in [-0.2, 0) is 11.3 Å². The van der Waals surface area contributed by atoms with Crippen molar-refractivity contribution in [3.63, 3.8) is 0 Å². The molecule has 0 N–H and O–H groups in total. The van der Waals surface area contributed by atoms with E-state index in [1.165, 1.54) is 5.56 Å². The predicted molar refractivity (Wildman–Crippen MR) is 115 cm³/mol. The average molecular weight is 411 g/mol. The molecule has 0 radical (unpaired) electrons. The molecule has 0 saturated carbocycles. The number of ether oxygens (including phenoxy) is 3. The molecule has 0 aliphatic carbocycles. The summed E-state index contributed by atoms with van der Waals surface area (Å²) in [7, 11) is 0. The maximum absolute atomic E-state index is 13.1. The lowest BCUT2D eigenvalue weighted by Crippen LogP contribution is -2.52. The van der Waals surface area contributed by atoms with Gasteiger partial charge in [-0.05, 0) is 55.2 Å². The first-order valence-electron chi connectivity index (χ1n) is 10.7. The second-order valence-electron chi connectivity index (χ2n) is 8.07. The van der Waals surface area contributed by atoms with Gasteiger partial charge in [0.2, 0.25) is 6.79 Å². The van der Waals surface area contributed by atoms with Gasteiger partial charge in [0.05, 0.1) is 0 Å². The van der Waals surface area contributed by atoms with Gasteiger partial charge in [0.15, 0.2) is 17.6 Å². The van der Waals surface area contributed by atoms with Crippen molar-refractivity contribution in [2.75, 3.05) is 33.0 Å². The third-order valence-electron chi connectivity index (χ3n) is 5.79. The minimum Gasteiger partial charge on any atom is -0.480 e. The number of hydrogen-bond acceptors (Lipinski definition) is 5. The van der Waals surface area contributed by atoms with Crippen molar-refractivity contribution in [3.8, 4) is 17.2 Å². The van der Waals surface area contributed by atoms with Crippen molar-refractivity contribution >= 4 is 5.91 Å². The topological polar surface area (TPSA) is 51.2 Å². The molecule has 6 heteroatoms. The van der Waals surface area contributed by atoms with Crippen LogP contribution < -0.4 is 14.2 Å². The molecule has 2 aromatic carbocycles. The molecule has 0 aromatic heterocycles. The van der Waals surface area contributed by atoms with Crippen molar-refractivity contribution in [2.24, 2.45) is 0 Å². The normalized spacial score (nSPS) is 17.1. The Morgan fingerprint density at radius 3 is 2.57 bits per heavy atom. The number of amides is 1. The first-order chi connectivity index (χ1) is 14.5. The summed E-state index contributed by atoms with van der Waals surface area (Å²) in [6.07, 6.45) is 0.217. The molecule has 4 rings (SSSR count). The van der Waals surface area contributed by atoms with E-state index in [1.807, 2.05) is 49.9 Å². The fourth-order valence-electron chi connectivity index (χ4n) is 3.92. The number of rotatable bonds is 6. The highest BCUT2D eigenvalue weighted by Gasteiger charge is 2.28. The Bertz CT molecular complexity index is 906. The molecule has 0 unspecified atom stereocenters. The van der Waals surface area contributed by atoms with E-state index in [4.69, 9.17) is 14.2 Å². The van der Waals surface area contributed by atoms with Crippen molar-refractivity contribution in [2.45, 2.75) is 39.8 Å².